The Balaban J connectivity index is 2.20. The van der Waals surface area contributed by atoms with Gasteiger partial charge in [-0.1, -0.05) is 35.4 Å². The molecule has 0 bridgehead atoms. The minimum absolute atomic E-state index is 0.282. The molecule has 4 nitrogen and oxygen atoms in total. The van der Waals surface area contributed by atoms with E-state index in [-0.39, 0.29) is 5.41 Å². The Morgan fingerprint density at radius 3 is 2.40 bits per heavy atom. The average Bonchev–Trinajstić information content (AvgIpc) is 2.65. The smallest absolute Gasteiger partial charge is 0.194 e. The minimum atomic E-state index is -0.282. The molecule has 3 rings (SSSR count). The highest BCUT2D eigenvalue weighted by Crippen LogP contribution is 2.51. The Labute approximate surface area is 131 Å². The van der Waals surface area contributed by atoms with Gasteiger partial charge in [-0.3, -0.25) is 5.10 Å². The second-order valence-electron chi connectivity index (χ2n) is 5.10. The number of hydrogen-bond acceptors (Lipinski definition) is 3. The maximum Gasteiger partial charge on any atom is 0.194 e. The molecule has 0 saturated heterocycles. The molecule has 0 aliphatic heterocycles. The number of halogens is 2. The zero-order valence-corrected chi connectivity index (χ0v) is 13.1. The van der Waals surface area contributed by atoms with Crippen molar-refractivity contribution in [3.05, 3.63) is 50.7 Å². The number of nitrogens with one attached hydrogen (secondary N) is 1. The fraction of sp³-hybridized carbons (Fsp3) is 0.308. The summed E-state index contributed by atoms with van der Waals surface area (Å²) in [5.74, 6) is 0.869. The molecule has 1 aliphatic rings. The van der Waals surface area contributed by atoms with Crippen LogP contribution in [0.3, 0.4) is 0 Å². The third-order valence-electron chi connectivity index (χ3n) is 3.73. The number of H-pyrrole nitrogens is 1. The van der Waals surface area contributed by atoms with Gasteiger partial charge in [-0.15, -0.1) is 0 Å². The van der Waals surface area contributed by atoms with Crippen LogP contribution in [-0.4, -0.2) is 19.7 Å². The van der Waals surface area contributed by atoms with E-state index in [0.29, 0.717) is 15.1 Å². The molecule has 1 N–H and O–H groups in total. The summed E-state index contributed by atoms with van der Waals surface area (Å²) in [5.41, 5.74) is 1.88. The number of nitrogens with zero attached hydrogens (tertiary/aromatic N) is 3. The molecule has 7 heteroatoms. The standard InChI is InChI=1S/C13H12Cl2N4S/c1-7-5-13(6-7,11-17-18-12(20)19(11)2)8-3-9(14)16-10(15)4-8/h3-4H,1,5-6H2,2H3,(H,18,20). The van der Waals surface area contributed by atoms with Gasteiger partial charge < -0.3 is 4.57 Å². The zero-order valence-electron chi connectivity index (χ0n) is 10.8. The second-order valence-corrected chi connectivity index (χ2v) is 6.26. The highest BCUT2D eigenvalue weighted by Gasteiger charge is 2.46. The molecule has 2 heterocycles. The van der Waals surface area contributed by atoms with Crippen LogP contribution < -0.4 is 0 Å². The van der Waals surface area contributed by atoms with Crippen molar-refractivity contribution < 1.29 is 0 Å². The van der Waals surface area contributed by atoms with Crippen molar-refractivity contribution in [2.75, 3.05) is 0 Å². The van der Waals surface area contributed by atoms with Crippen molar-refractivity contribution in [3.63, 3.8) is 0 Å². The maximum absolute atomic E-state index is 6.03. The summed E-state index contributed by atoms with van der Waals surface area (Å²) < 4.78 is 2.47. The minimum Gasteiger partial charge on any atom is -0.307 e. The molecule has 2 aromatic rings. The topological polar surface area (TPSA) is 46.5 Å². The molecule has 0 radical (unpaired) electrons. The molecule has 1 saturated carbocycles. The SMILES string of the molecule is C=C1CC(c2cc(Cl)nc(Cl)c2)(c2n[nH]c(=S)n2C)C1. The summed E-state index contributed by atoms with van der Waals surface area (Å²) in [7, 11) is 1.90. The highest BCUT2D eigenvalue weighted by atomic mass is 35.5. The Bertz CT molecular complexity index is 734. The number of pyridine rings is 1. The zero-order chi connectivity index (χ0) is 14.5. The van der Waals surface area contributed by atoms with E-state index in [1.165, 1.54) is 5.57 Å². The third-order valence-corrected chi connectivity index (χ3v) is 4.48. The van der Waals surface area contributed by atoms with Gasteiger partial charge >= 0.3 is 0 Å². The summed E-state index contributed by atoms with van der Waals surface area (Å²) in [6.07, 6.45) is 1.61. The Morgan fingerprint density at radius 2 is 1.95 bits per heavy atom. The van der Waals surface area contributed by atoms with E-state index in [0.717, 1.165) is 24.2 Å². The van der Waals surface area contributed by atoms with Crippen LogP contribution in [0.5, 0.6) is 0 Å². The lowest BCUT2D eigenvalue weighted by atomic mass is 9.61. The van der Waals surface area contributed by atoms with Crippen LogP contribution in [0.25, 0.3) is 0 Å². The van der Waals surface area contributed by atoms with Crippen LogP contribution in [0.1, 0.15) is 24.2 Å². The van der Waals surface area contributed by atoms with Crippen LogP contribution in [0.2, 0.25) is 10.3 Å². The number of hydrogen-bond donors (Lipinski definition) is 1. The van der Waals surface area contributed by atoms with Gasteiger partial charge in [-0.05, 0) is 42.8 Å². The summed E-state index contributed by atoms with van der Waals surface area (Å²) >= 11 is 17.3. The summed E-state index contributed by atoms with van der Waals surface area (Å²) in [4.78, 5) is 4.00. The predicted molar refractivity (Wildman–Crippen MR) is 81.8 cm³/mol. The van der Waals surface area contributed by atoms with Crippen molar-refractivity contribution in [3.8, 4) is 0 Å². The van der Waals surface area contributed by atoms with E-state index in [1.54, 1.807) is 0 Å². The van der Waals surface area contributed by atoms with Gasteiger partial charge in [0.1, 0.15) is 16.1 Å². The van der Waals surface area contributed by atoms with E-state index in [2.05, 4.69) is 21.8 Å². The monoisotopic (exact) mass is 326 g/mol. The Morgan fingerprint density at radius 1 is 1.35 bits per heavy atom. The van der Waals surface area contributed by atoms with Crippen molar-refractivity contribution in [2.45, 2.75) is 18.3 Å². The largest absolute Gasteiger partial charge is 0.307 e. The van der Waals surface area contributed by atoms with Gasteiger partial charge in [-0.25, -0.2) is 4.98 Å². The molecule has 0 atom stereocenters. The first kappa shape index (κ1) is 13.8. The van der Waals surface area contributed by atoms with E-state index >= 15 is 0 Å². The molecule has 20 heavy (non-hydrogen) atoms. The first-order valence-electron chi connectivity index (χ1n) is 6.04. The lowest BCUT2D eigenvalue weighted by Crippen LogP contribution is -2.39. The normalized spacial score (nSPS) is 17.1. The number of aromatic amines is 1. The van der Waals surface area contributed by atoms with Crippen LogP contribution in [0, 0.1) is 4.77 Å². The molecule has 0 amide bonds. The fourth-order valence-electron chi connectivity index (χ4n) is 2.81. The lowest BCUT2D eigenvalue weighted by Gasteiger charge is -2.43. The van der Waals surface area contributed by atoms with Gasteiger partial charge in [-0.2, -0.15) is 5.10 Å². The molecule has 0 aromatic carbocycles. The molecule has 0 spiro atoms. The molecule has 1 fully saturated rings. The van der Waals surface area contributed by atoms with Gasteiger partial charge in [0.15, 0.2) is 4.77 Å². The number of aromatic nitrogens is 4. The molecule has 1 aliphatic carbocycles. The van der Waals surface area contributed by atoms with Crippen molar-refractivity contribution in [2.24, 2.45) is 7.05 Å². The number of rotatable bonds is 2. The van der Waals surface area contributed by atoms with E-state index in [9.17, 15) is 0 Å². The predicted octanol–water partition coefficient (Wildman–Crippen LogP) is 3.82. The Kier molecular flexibility index (Phi) is 3.23. The summed E-state index contributed by atoms with van der Waals surface area (Å²) in [6.45, 7) is 4.03. The first-order chi connectivity index (χ1) is 9.42. The van der Waals surface area contributed by atoms with Crippen LogP contribution in [-0.2, 0) is 12.5 Å². The van der Waals surface area contributed by atoms with Gasteiger partial charge in [0.25, 0.3) is 0 Å². The van der Waals surface area contributed by atoms with Crippen LogP contribution >= 0.6 is 35.4 Å². The maximum atomic E-state index is 6.03. The number of allylic oxidation sites excluding steroid dienone is 1. The average molecular weight is 327 g/mol. The molecule has 0 unspecified atom stereocenters. The summed E-state index contributed by atoms with van der Waals surface area (Å²) in [5, 5.41) is 7.96. The van der Waals surface area contributed by atoms with Crippen LogP contribution in [0.4, 0.5) is 0 Å². The van der Waals surface area contributed by atoms with E-state index in [4.69, 9.17) is 35.4 Å². The van der Waals surface area contributed by atoms with Gasteiger partial charge in [0, 0.05) is 7.05 Å². The lowest BCUT2D eigenvalue weighted by molar-refractivity contribution is 0.369. The quantitative estimate of drug-likeness (QED) is 0.518. The first-order valence-corrected chi connectivity index (χ1v) is 7.21. The second kappa shape index (κ2) is 4.69. The van der Waals surface area contributed by atoms with Crippen molar-refractivity contribution >= 4 is 35.4 Å². The summed E-state index contributed by atoms with van der Waals surface area (Å²) in [6, 6.07) is 3.66. The molecule has 2 aromatic heterocycles. The molecule has 104 valence electrons. The molecular formula is C13H12Cl2N4S. The van der Waals surface area contributed by atoms with Crippen molar-refractivity contribution in [1.29, 1.82) is 0 Å². The molecular weight excluding hydrogens is 315 g/mol. The van der Waals surface area contributed by atoms with E-state index < -0.39 is 0 Å². The highest BCUT2D eigenvalue weighted by molar-refractivity contribution is 7.71. The third kappa shape index (κ3) is 2.01. The van der Waals surface area contributed by atoms with Gasteiger partial charge in [0.2, 0.25) is 0 Å². The fourth-order valence-corrected chi connectivity index (χ4v) is 3.40. The Hall–Kier alpha value is -1.17. The van der Waals surface area contributed by atoms with E-state index in [1.807, 2.05) is 23.7 Å². The van der Waals surface area contributed by atoms with Crippen LogP contribution in [0.15, 0.2) is 24.3 Å². The van der Waals surface area contributed by atoms with Gasteiger partial charge in [0.05, 0.1) is 5.41 Å². The van der Waals surface area contributed by atoms with Crippen molar-refractivity contribution in [1.82, 2.24) is 19.7 Å².